The first kappa shape index (κ1) is 28.4. The van der Waals surface area contributed by atoms with Gasteiger partial charge < -0.3 is 34.1 Å². The minimum atomic E-state index is -1.31. The van der Waals surface area contributed by atoms with Crippen LogP contribution in [0.5, 0.6) is 0 Å². The third-order valence-corrected chi connectivity index (χ3v) is 9.72. The van der Waals surface area contributed by atoms with Gasteiger partial charge >= 0.3 is 17.9 Å². The average Bonchev–Trinajstić information content (AvgIpc) is 3.48. The van der Waals surface area contributed by atoms with Crippen LogP contribution in [0.2, 0.25) is 0 Å². The molecule has 218 valence electrons. The van der Waals surface area contributed by atoms with E-state index in [1.165, 1.54) is 27.3 Å². The predicted molar refractivity (Wildman–Crippen MR) is 138 cm³/mol. The molecule has 2 N–H and O–H groups in total. The largest absolute Gasteiger partial charge is 0.504 e. The number of esters is 3. The van der Waals surface area contributed by atoms with Crippen molar-refractivity contribution in [2.75, 3.05) is 27.4 Å². The Morgan fingerprint density at radius 2 is 1.90 bits per heavy atom. The fraction of sp³-hybridized carbons (Fsp3) is 0.655. The van der Waals surface area contributed by atoms with Gasteiger partial charge in [-0.15, -0.1) is 0 Å². The van der Waals surface area contributed by atoms with Crippen LogP contribution in [0.15, 0.2) is 34.3 Å². The number of carbonyl (C=O) groups is 4. The van der Waals surface area contributed by atoms with Gasteiger partial charge in [0.25, 0.3) is 0 Å². The predicted octanol–water partition coefficient (Wildman–Crippen LogP) is 1.89. The van der Waals surface area contributed by atoms with Gasteiger partial charge in [-0.05, 0) is 50.5 Å². The second-order valence-electron chi connectivity index (χ2n) is 11.8. The summed E-state index contributed by atoms with van der Waals surface area (Å²) in [6.07, 6.45) is 1.30. The monoisotopic (exact) mass is 559 g/mol. The van der Waals surface area contributed by atoms with Gasteiger partial charge in [0, 0.05) is 43.3 Å². The van der Waals surface area contributed by atoms with Crippen LogP contribution in [0.3, 0.4) is 0 Å². The van der Waals surface area contributed by atoms with Gasteiger partial charge in [0.2, 0.25) is 5.78 Å². The molecule has 11 heteroatoms. The Bertz CT molecular complexity index is 1250. The van der Waals surface area contributed by atoms with Crippen molar-refractivity contribution >= 4 is 23.7 Å². The molecule has 0 amide bonds. The maximum absolute atomic E-state index is 14.1. The van der Waals surface area contributed by atoms with Crippen molar-refractivity contribution in [1.29, 1.82) is 0 Å². The third-order valence-electron chi connectivity index (χ3n) is 9.72. The van der Waals surface area contributed by atoms with Gasteiger partial charge in [0.1, 0.15) is 18.2 Å². The summed E-state index contributed by atoms with van der Waals surface area (Å²) < 4.78 is 22.1. The van der Waals surface area contributed by atoms with E-state index in [9.17, 15) is 29.4 Å². The molecule has 0 radical (unpaired) electrons. The molecule has 5 rings (SSSR count). The molecule has 7 atom stereocenters. The highest BCUT2D eigenvalue weighted by Gasteiger charge is 2.64. The molecule has 5 aliphatic rings. The highest BCUT2D eigenvalue weighted by Crippen LogP contribution is 2.63. The van der Waals surface area contributed by atoms with Gasteiger partial charge in [0.05, 0.1) is 30.8 Å². The van der Waals surface area contributed by atoms with Crippen LogP contribution in [-0.4, -0.2) is 90.5 Å². The van der Waals surface area contributed by atoms with Crippen LogP contribution in [0, 0.1) is 16.7 Å². The first-order valence-electron chi connectivity index (χ1n) is 13.7. The summed E-state index contributed by atoms with van der Waals surface area (Å²) in [6, 6.07) is -0.630. The quantitative estimate of drug-likeness (QED) is 0.289. The molecule has 0 aromatic rings. The molecule has 40 heavy (non-hydrogen) atoms. The number of Topliss-reactive ketones (excluding diaryl/α,β-unsaturated/α-hetero) is 1. The number of nitrogens with zero attached hydrogens (tertiary/aromatic N) is 1. The number of allylic oxidation sites excluding steroid dienone is 1. The molecule has 2 saturated heterocycles. The Hall–Kier alpha value is -3.18. The third kappa shape index (κ3) is 4.00. The first-order chi connectivity index (χ1) is 18.9. The highest BCUT2D eigenvalue weighted by molar-refractivity contribution is 6.13. The van der Waals surface area contributed by atoms with E-state index in [1.54, 1.807) is 11.8 Å². The van der Waals surface area contributed by atoms with Crippen molar-refractivity contribution < 1.29 is 48.3 Å². The molecule has 0 aromatic carbocycles. The van der Waals surface area contributed by atoms with Gasteiger partial charge in [-0.3, -0.25) is 9.59 Å². The van der Waals surface area contributed by atoms with E-state index in [4.69, 9.17) is 18.9 Å². The van der Waals surface area contributed by atoms with Gasteiger partial charge in [0.15, 0.2) is 5.76 Å². The number of hydrogen-bond donors (Lipinski definition) is 2. The fourth-order valence-corrected chi connectivity index (χ4v) is 7.77. The van der Waals surface area contributed by atoms with Gasteiger partial charge in [-0.2, -0.15) is 0 Å². The van der Waals surface area contributed by atoms with Crippen LogP contribution in [0.4, 0.5) is 0 Å². The van der Waals surface area contributed by atoms with Crippen molar-refractivity contribution in [3.8, 4) is 0 Å². The van der Waals surface area contributed by atoms with Gasteiger partial charge in [-0.1, -0.05) is 6.92 Å². The van der Waals surface area contributed by atoms with Crippen LogP contribution in [0.1, 0.15) is 52.9 Å². The van der Waals surface area contributed by atoms with Crippen molar-refractivity contribution in [1.82, 2.24) is 4.90 Å². The second kappa shape index (κ2) is 10.0. The second-order valence-corrected chi connectivity index (χ2v) is 11.8. The zero-order valence-corrected chi connectivity index (χ0v) is 23.5. The summed E-state index contributed by atoms with van der Waals surface area (Å²) in [5, 5.41) is 22.6. The van der Waals surface area contributed by atoms with Crippen LogP contribution in [0.25, 0.3) is 0 Å². The summed E-state index contributed by atoms with van der Waals surface area (Å²) in [6.45, 7) is 5.32. The summed E-state index contributed by atoms with van der Waals surface area (Å²) in [5.74, 6) is -3.43. The lowest BCUT2D eigenvalue weighted by Crippen LogP contribution is -2.57. The van der Waals surface area contributed by atoms with E-state index < -0.39 is 70.6 Å². The molecule has 2 aliphatic heterocycles. The van der Waals surface area contributed by atoms with Crippen LogP contribution >= 0.6 is 0 Å². The van der Waals surface area contributed by atoms with Crippen molar-refractivity contribution in [3.05, 3.63) is 34.3 Å². The molecule has 0 spiro atoms. The maximum atomic E-state index is 14.1. The summed E-state index contributed by atoms with van der Waals surface area (Å²) in [7, 11) is 2.75. The SMILES string of the molecule is COCC1OC(=O)C(=CN2CCCC2C(=O)OC)C2=C(O)C(=O)C3=C(C(OC(C)=O)CC4(C)C(O)CCC34)C21C. The van der Waals surface area contributed by atoms with E-state index in [1.807, 2.05) is 6.92 Å². The number of ether oxygens (including phenoxy) is 4. The minimum Gasteiger partial charge on any atom is -0.504 e. The topological polar surface area (TPSA) is 149 Å². The van der Waals surface area contributed by atoms with Crippen LogP contribution in [-0.2, 0) is 38.1 Å². The number of hydrogen-bond acceptors (Lipinski definition) is 11. The summed E-state index contributed by atoms with van der Waals surface area (Å²) in [4.78, 5) is 54.0. The molecule has 0 aromatic heterocycles. The number of methoxy groups -OCH3 is 2. The lowest BCUT2D eigenvalue weighted by atomic mass is 9.53. The number of ketones is 1. The number of fused-ring (bicyclic) bond motifs is 4. The number of carbonyl (C=O) groups excluding carboxylic acids is 4. The normalized spacial score (nSPS) is 38.2. The van der Waals surface area contributed by atoms with Crippen molar-refractivity contribution in [2.24, 2.45) is 16.7 Å². The number of likely N-dealkylation sites (tertiary alicyclic amines) is 1. The summed E-state index contributed by atoms with van der Waals surface area (Å²) in [5.41, 5.74) is -1.30. The smallest absolute Gasteiger partial charge is 0.340 e. The Morgan fingerprint density at radius 1 is 1.18 bits per heavy atom. The Morgan fingerprint density at radius 3 is 2.55 bits per heavy atom. The molecule has 7 unspecified atom stereocenters. The molecule has 2 heterocycles. The minimum absolute atomic E-state index is 0.0515. The molecular weight excluding hydrogens is 522 g/mol. The van der Waals surface area contributed by atoms with E-state index in [0.29, 0.717) is 43.4 Å². The molecule has 3 fully saturated rings. The Labute approximate surface area is 232 Å². The van der Waals surface area contributed by atoms with Crippen molar-refractivity contribution in [2.45, 2.75) is 77.2 Å². The lowest BCUT2D eigenvalue weighted by molar-refractivity contribution is -0.161. The number of rotatable bonds is 5. The average molecular weight is 560 g/mol. The zero-order chi connectivity index (χ0) is 29.1. The standard InChI is InChI=1S/C29H37NO10/c1-14(31)39-18-11-28(2)16(8-9-19(28)32)21-23(18)29(3)20(13-37-4)40-26(35)15(22(29)25(34)24(21)33)12-30-10-6-7-17(30)27(36)38-5/h12,16-20,32,34H,6-11,13H2,1-5H3. The van der Waals surface area contributed by atoms with Crippen molar-refractivity contribution in [3.63, 3.8) is 0 Å². The fourth-order valence-electron chi connectivity index (χ4n) is 7.77. The molecular formula is C29H37NO10. The highest BCUT2D eigenvalue weighted by atomic mass is 16.6. The molecule has 1 saturated carbocycles. The number of aliphatic hydroxyl groups is 2. The van der Waals surface area contributed by atoms with Crippen LogP contribution < -0.4 is 0 Å². The van der Waals surface area contributed by atoms with Gasteiger partial charge in [-0.25, -0.2) is 9.59 Å². The Balaban J connectivity index is 1.74. The van der Waals surface area contributed by atoms with E-state index >= 15 is 0 Å². The maximum Gasteiger partial charge on any atom is 0.340 e. The molecule has 11 nitrogen and oxygen atoms in total. The summed E-state index contributed by atoms with van der Waals surface area (Å²) >= 11 is 0. The Kier molecular flexibility index (Phi) is 7.11. The zero-order valence-electron chi connectivity index (χ0n) is 23.5. The number of aliphatic hydroxyl groups excluding tert-OH is 2. The van der Waals surface area contributed by atoms with E-state index in [2.05, 4.69) is 0 Å². The molecule has 3 aliphatic carbocycles. The number of cyclic esters (lactones) is 1. The van der Waals surface area contributed by atoms with E-state index in [-0.39, 0.29) is 24.2 Å². The molecule has 0 bridgehead atoms. The first-order valence-corrected chi connectivity index (χ1v) is 13.7. The van der Waals surface area contributed by atoms with E-state index in [0.717, 1.165) is 0 Å². The lowest BCUT2D eigenvalue weighted by Gasteiger charge is -2.54.